The van der Waals surface area contributed by atoms with Gasteiger partial charge in [-0.1, -0.05) is 11.6 Å². The van der Waals surface area contributed by atoms with Crippen molar-refractivity contribution >= 4 is 23.2 Å². The number of hydrogen-bond donors (Lipinski definition) is 3. The molecule has 0 radical (unpaired) electrons. The van der Waals surface area contributed by atoms with Crippen LogP contribution in [0.1, 0.15) is 59.8 Å². The molecule has 0 spiro atoms. The lowest BCUT2D eigenvalue weighted by molar-refractivity contribution is 0.0120. The van der Waals surface area contributed by atoms with Gasteiger partial charge in [0.25, 0.3) is 11.5 Å². The van der Waals surface area contributed by atoms with Gasteiger partial charge in [-0.15, -0.1) is 0 Å². The smallest absolute Gasteiger partial charge is 0.253 e. The van der Waals surface area contributed by atoms with Gasteiger partial charge in [0.1, 0.15) is 11.9 Å². The molecule has 5 rings (SSSR count). The van der Waals surface area contributed by atoms with E-state index in [9.17, 15) is 9.59 Å². The number of anilines is 1. The first-order chi connectivity index (χ1) is 19.3. The molecule has 1 aromatic carbocycles. The lowest BCUT2D eigenvalue weighted by atomic mass is 9.87. The van der Waals surface area contributed by atoms with E-state index in [1.807, 2.05) is 26.0 Å². The maximum atomic E-state index is 13.5. The van der Waals surface area contributed by atoms with Crippen LogP contribution in [0.3, 0.4) is 0 Å². The molecule has 9 nitrogen and oxygen atoms in total. The van der Waals surface area contributed by atoms with Crippen molar-refractivity contribution in [3.63, 3.8) is 0 Å². The predicted molar refractivity (Wildman–Crippen MR) is 158 cm³/mol. The largest absolute Gasteiger partial charge is 0.490 e. The van der Waals surface area contributed by atoms with Crippen LogP contribution in [0, 0.1) is 13.8 Å². The molecule has 0 unspecified atom stereocenters. The number of pyridine rings is 1. The molecule has 0 atom stereocenters. The van der Waals surface area contributed by atoms with Crippen LogP contribution in [0.15, 0.2) is 23.0 Å². The Kier molecular flexibility index (Phi) is 9.35. The highest BCUT2D eigenvalue weighted by Crippen LogP contribution is 2.38. The fourth-order valence-corrected chi connectivity index (χ4v) is 6.49. The van der Waals surface area contributed by atoms with Crippen LogP contribution in [0.2, 0.25) is 5.02 Å². The van der Waals surface area contributed by atoms with Crippen molar-refractivity contribution in [3.8, 4) is 5.75 Å². The summed E-state index contributed by atoms with van der Waals surface area (Å²) in [6, 6.07) is 6.47. The second kappa shape index (κ2) is 12.9. The molecule has 1 aliphatic carbocycles. The second-order valence-corrected chi connectivity index (χ2v) is 11.6. The summed E-state index contributed by atoms with van der Waals surface area (Å²) >= 11 is 6.97. The molecule has 3 heterocycles. The van der Waals surface area contributed by atoms with E-state index in [0.717, 1.165) is 75.4 Å². The average molecular weight is 572 g/mol. The van der Waals surface area contributed by atoms with Gasteiger partial charge in [-0.05, 0) is 51.3 Å². The van der Waals surface area contributed by atoms with Crippen LogP contribution in [0.4, 0.5) is 5.69 Å². The predicted octanol–water partition coefficient (Wildman–Crippen LogP) is 3.40. The number of amides is 1. The van der Waals surface area contributed by atoms with Gasteiger partial charge in [-0.25, -0.2) is 0 Å². The zero-order chi connectivity index (χ0) is 28.2. The molecule has 1 saturated carbocycles. The number of benzene rings is 1. The molecule has 10 heteroatoms. The van der Waals surface area contributed by atoms with E-state index in [1.165, 1.54) is 0 Å². The first-order valence-corrected chi connectivity index (χ1v) is 15.0. The van der Waals surface area contributed by atoms with Gasteiger partial charge in [0.15, 0.2) is 0 Å². The number of ether oxygens (including phenoxy) is 2. The van der Waals surface area contributed by atoms with Gasteiger partial charge in [0.2, 0.25) is 0 Å². The van der Waals surface area contributed by atoms with E-state index < -0.39 is 0 Å². The molecule has 3 aliphatic rings. The lowest BCUT2D eigenvalue weighted by Crippen LogP contribution is -2.55. The Hall–Kier alpha value is -2.59. The number of nitrogens with one attached hydrogen (secondary N) is 3. The highest BCUT2D eigenvalue weighted by molar-refractivity contribution is 6.36. The Balaban J connectivity index is 1.37. The van der Waals surface area contributed by atoms with Gasteiger partial charge in [0, 0.05) is 94.7 Å². The zero-order valence-electron chi connectivity index (χ0n) is 23.9. The maximum Gasteiger partial charge on any atom is 0.253 e. The van der Waals surface area contributed by atoms with Crippen molar-refractivity contribution in [2.75, 3.05) is 50.8 Å². The molecule has 1 aromatic heterocycles. The number of aromatic nitrogens is 1. The number of nitrogens with zero attached hydrogens (tertiary/aromatic N) is 2. The number of halogens is 1. The van der Waals surface area contributed by atoms with Gasteiger partial charge in [-0.2, -0.15) is 0 Å². The minimum Gasteiger partial charge on any atom is -0.490 e. The zero-order valence-corrected chi connectivity index (χ0v) is 24.6. The van der Waals surface area contributed by atoms with E-state index >= 15 is 0 Å². The van der Waals surface area contributed by atoms with E-state index in [0.29, 0.717) is 41.2 Å². The number of H-pyrrole nitrogens is 1. The Morgan fingerprint density at radius 3 is 2.58 bits per heavy atom. The maximum absolute atomic E-state index is 13.5. The van der Waals surface area contributed by atoms with Gasteiger partial charge in [0.05, 0.1) is 16.3 Å². The Bertz CT molecular complexity index is 1250. The number of carbonyl (C=O) groups is 1. The summed E-state index contributed by atoms with van der Waals surface area (Å²) in [6.45, 7) is 12.3. The highest BCUT2D eigenvalue weighted by atomic mass is 35.5. The summed E-state index contributed by atoms with van der Waals surface area (Å²) in [5.41, 5.74) is 3.14. The standard InChI is InChI=1S/C30H42ClN5O4/c1-4-36(21-5-11-39-12-6-21)27-17-24(40-23-14-22(15-23)35-9-7-32-8-10-35)16-25(28(27)31)29(37)33-18-26-19(2)13-20(3)34-30(26)38/h13,16-17,21-23,32H,4-12,14-15,18H2,1-3H3,(H,33,37)(H,34,38). The quantitative estimate of drug-likeness (QED) is 0.424. The molecule has 2 saturated heterocycles. The molecule has 1 amide bonds. The number of carbonyl (C=O) groups excluding carboxylic acids is 1. The van der Waals surface area contributed by atoms with Crippen molar-refractivity contribution in [1.29, 1.82) is 0 Å². The number of piperazine rings is 1. The topological polar surface area (TPSA) is 98.9 Å². The third kappa shape index (κ3) is 6.48. The molecule has 3 fully saturated rings. The summed E-state index contributed by atoms with van der Waals surface area (Å²) in [5, 5.41) is 6.75. The number of rotatable bonds is 9. The van der Waals surface area contributed by atoms with Crippen LogP contribution in [0.5, 0.6) is 5.75 Å². The minimum absolute atomic E-state index is 0.108. The lowest BCUT2D eigenvalue weighted by Gasteiger charge is -2.44. The van der Waals surface area contributed by atoms with Gasteiger partial charge >= 0.3 is 0 Å². The fourth-order valence-electron chi connectivity index (χ4n) is 6.18. The third-order valence-electron chi connectivity index (χ3n) is 8.51. The molecule has 0 bridgehead atoms. The van der Waals surface area contributed by atoms with E-state index in [-0.39, 0.29) is 30.2 Å². The fraction of sp³-hybridized carbons (Fsp3) is 0.600. The Morgan fingerprint density at radius 1 is 1.18 bits per heavy atom. The van der Waals surface area contributed by atoms with Crippen molar-refractivity contribution in [2.24, 2.45) is 0 Å². The van der Waals surface area contributed by atoms with Crippen LogP contribution >= 0.6 is 11.6 Å². The van der Waals surface area contributed by atoms with Crippen molar-refractivity contribution < 1.29 is 14.3 Å². The molecular weight excluding hydrogens is 530 g/mol. The summed E-state index contributed by atoms with van der Waals surface area (Å²) in [7, 11) is 0. The number of aromatic amines is 1. The highest BCUT2D eigenvalue weighted by Gasteiger charge is 2.36. The van der Waals surface area contributed by atoms with Crippen molar-refractivity contribution in [3.05, 3.63) is 56.0 Å². The molecule has 3 N–H and O–H groups in total. The average Bonchev–Trinajstić information content (AvgIpc) is 2.92. The number of aryl methyl sites for hydroxylation is 2. The Morgan fingerprint density at radius 2 is 1.90 bits per heavy atom. The second-order valence-electron chi connectivity index (χ2n) is 11.2. The summed E-state index contributed by atoms with van der Waals surface area (Å²) < 4.78 is 12.1. The molecule has 2 aromatic rings. The van der Waals surface area contributed by atoms with E-state index in [2.05, 4.69) is 32.3 Å². The minimum atomic E-state index is -0.327. The van der Waals surface area contributed by atoms with Crippen LogP contribution in [-0.4, -0.2) is 79.9 Å². The number of hydrogen-bond acceptors (Lipinski definition) is 7. The van der Waals surface area contributed by atoms with Gasteiger partial charge in [-0.3, -0.25) is 14.5 Å². The molecular formula is C30H42ClN5O4. The monoisotopic (exact) mass is 571 g/mol. The molecule has 218 valence electrons. The normalized spacial score (nSPS) is 22.0. The van der Waals surface area contributed by atoms with Crippen LogP contribution in [0.25, 0.3) is 0 Å². The molecule has 2 aliphatic heterocycles. The van der Waals surface area contributed by atoms with Crippen LogP contribution < -0.4 is 25.8 Å². The Labute approximate surface area is 241 Å². The van der Waals surface area contributed by atoms with Crippen molar-refractivity contribution in [1.82, 2.24) is 20.5 Å². The first-order valence-electron chi connectivity index (χ1n) is 14.6. The van der Waals surface area contributed by atoms with Crippen LogP contribution in [-0.2, 0) is 11.3 Å². The van der Waals surface area contributed by atoms with E-state index in [1.54, 1.807) is 6.07 Å². The molecule has 40 heavy (non-hydrogen) atoms. The summed E-state index contributed by atoms with van der Waals surface area (Å²) in [4.78, 5) is 33.7. The summed E-state index contributed by atoms with van der Waals surface area (Å²) in [5.74, 6) is 0.328. The third-order valence-corrected chi connectivity index (χ3v) is 8.91. The SMILES string of the molecule is CCN(c1cc(OC2CC(N3CCNCC3)C2)cc(C(=O)NCc2c(C)cc(C)[nH]c2=O)c1Cl)C1CCOCC1. The van der Waals surface area contributed by atoms with Crippen molar-refractivity contribution in [2.45, 2.75) is 71.2 Å². The first kappa shape index (κ1) is 28.9. The van der Waals surface area contributed by atoms with E-state index in [4.69, 9.17) is 21.1 Å². The van der Waals surface area contributed by atoms with Gasteiger partial charge < -0.3 is 30.0 Å². The summed E-state index contributed by atoms with van der Waals surface area (Å²) in [6.07, 6.45) is 3.87.